The molecule has 1 aromatic carbocycles. The molecule has 2 aromatic heterocycles. The van der Waals surface area contributed by atoms with Gasteiger partial charge in [-0.3, -0.25) is 9.58 Å². The number of rotatable bonds is 5. The fourth-order valence-electron chi connectivity index (χ4n) is 3.10. The third kappa shape index (κ3) is 2.84. The molecule has 8 nitrogen and oxygen atoms in total. The molecule has 1 saturated heterocycles. The maximum atomic E-state index is 12.2. The summed E-state index contributed by atoms with van der Waals surface area (Å²) in [7, 11) is 0. The van der Waals surface area contributed by atoms with E-state index in [1.807, 2.05) is 29.1 Å². The molecule has 2 atom stereocenters. The van der Waals surface area contributed by atoms with Crippen LogP contribution in [-0.4, -0.2) is 43.5 Å². The molecular weight excluding hydrogens is 320 g/mol. The Labute approximate surface area is 145 Å². The zero-order valence-corrected chi connectivity index (χ0v) is 14.2. The Hall–Kier alpha value is -2.90. The third-order valence-corrected chi connectivity index (χ3v) is 4.64. The maximum Gasteiger partial charge on any atom is 0.414 e. The van der Waals surface area contributed by atoms with Gasteiger partial charge in [0.2, 0.25) is 0 Å². The topological polar surface area (TPSA) is 78.1 Å². The molecule has 2 unspecified atom stereocenters. The Balaban J connectivity index is 1.56. The molecule has 0 bridgehead atoms. The van der Waals surface area contributed by atoms with E-state index >= 15 is 0 Å². The maximum absolute atomic E-state index is 12.2. The lowest BCUT2D eigenvalue weighted by Gasteiger charge is -2.14. The van der Waals surface area contributed by atoms with E-state index in [0.29, 0.717) is 19.1 Å². The van der Waals surface area contributed by atoms with Crippen LogP contribution in [0.4, 0.5) is 10.5 Å². The molecule has 3 aromatic rings. The van der Waals surface area contributed by atoms with Crippen molar-refractivity contribution in [1.29, 1.82) is 0 Å². The van der Waals surface area contributed by atoms with Gasteiger partial charge in [0.25, 0.3) is 0 Å². The average Bonchev–Trinajstić information content (AvgIpc) is 3.34. The fraction of sp³-hybridized carbons (Fsp3) is 0.412. The molecular formula is C17H20N6O2. The minimum Gasteiger partial charge on any atom is -0.442 e. The van der Waals surface area contributed by atoms with Crippen LogP contribution in [0.3, 0.4) is 0 Å². The second kappa shape index (κ2) is 6.19. The van der Waals surface area contributed by atoms with E-state index in [4.69, 9.17) is 4.74 Å². The van der Waals surface area contributed by atoms with Crippen LogP contribution in [0.5, 0.6) is 0 Å². The summed E-state index contributed by atoms with van der Waals surface area (Å²) >= 11 is 0. The molecule has 0 saturated carbocycles. The molecule has 130 valence electrons. The van der Waals surface area contributed by atoms with E-state index in [0.717, 1.165) is 23.0 Å². The number of benzene rings is 1. The molecule has 8 heteroatoms. The molecule has 1 amide bonds. The van der Waals surface area contributed by atoms with Crippen LogP contribution in [0.2, 0.25) is 0 Å². The lowest BCUT2D eigenvalue weighted by atomic mass is 10.2. The lowest BCUT2D eigenvalue weighted by molar-refractivity contribution is 0.129. The van der Waals surface area contributed by atoms with E-state index < -0.39 is 0 Å². The number of anilines is 1. The number of ether oxygens (including phenoxy) is 1. The van der Waals surface area contributed by atoms with Gasteiger partial charge in [0.15, 0.2) is 0 Å². The van der Waals surface area contributed by atoms with Gasteiger partial charge in [0.05, 0.1) is 31.0 Å². The Bertz CT molecular complexity index is 888. The molecule has 0 radical (unpaired) electrons. The molecule has 1 aliphatic heterocycles. The second-order valence-corrected chi connectivity index (χ2v) is 6.33. The lowest BCUT2D eigenvalue weighted by Crippen LogP contribution is -2.26. The van der Waals surface area contributed by atoms with Gasteiger partial charge < -0.3 is 4.74 Å². The van der Waals surface area contributed by atoms with Crippen molar-refractivity contribution in [3.8, 4) is 0 Å². The van der Waals surface area contributed by atoms with Gasteiger partial charge in [-0.05, 0) is 31.5 Å². The summed E-state index contributed by atoms with van der Waals surface area (Å²) in [4.78, 5) is 13.9. The molecule has 0 N–H and O–H groups in total. The van der Waals surface area contributed by atoms with Crippen LogP contribution in [0.15, 0.2) is 36.8 Å². The standard InChI is InChI=1S/C17H20N6O2/c1-3-12(2)23-16-5-4-14(8-13(16)9-19-23)22-11-15(25-17(22)24)10-21-7-6-18-20-21/h4-9,12,15H,3,10-11H2,1-2H3. The van der Waals surface area contributed by atoms with Crippen LogP contribution in [0.1, 0.15) is 26.3 Å². The zero-order valence-electron chi connectivity index (χ0n) is 14.2. The molecule has 0 aliphatic carbocycles. The van der Waals surface area contributed by atoms with Gasteiger partial charge in [-0.1, -0.05) is 12.1 Å². The number of amides is 1. The van der Waals surface area contributed by atoms with Crippen molar-refractivity contribution in [2.45, 2.75) is 39.0 Å². The number of nitrogens with zero attached hydrogens (tertiary/aromatic N) is 6. The van der Waals surface area contributed by atoms with Crippen LogP contribution >= 0.6 is 0 Å². The predicted molar refractivity (Wildman–Crippen MR) is 92.4 cm³/mol. The van der Waals surface area contributed by atoms with Gasteiger partial charge in [-0.25, -0.2) is 9.48 Å². The number of cyclic esters (lactones) is 1. The summed E-state index contributed by atoms with van der Waals surface area (Å²) < 4.78 is 9.14. The number of carbonyl (C=O) groups is 1. The van der Waals surface area contributed by atoms with Crippen LogP contribution in [-0.2, 0) is 11.3 Å². The first-order valence-electron chi connectivity index (χ1n) is 8.45. The minimum absolute atomic E-state index is 0.243. The SMILES string of the molecule is CCC(C)n1ncc2cc(N3CC(Cn4ccnn4)OC3=O)ccc21. The first-order chi connectivity index (χ1) is 12.2. The van der Waals surface area contributed by atoms with E-state index in [-0.39, 0.29) is 12.2 Å². The Kier molecular flexibility index (Phi) is 3.87. The zero-order chi connectivity index (χ0) is 17.4. The van der Waals surface area contributed by atoms with Crippen molar-refractivity contribution in [1.82, 2.24) is 24.8 Å². The van der Waals surface area contributed by atoms with Crippen molar-refractivity contribution < 1.29 is 9.53 Å². The number of aromatic nitrogens is 5. The summed E-state index contributed by atoms with van der Waals surface area (Å²) in [5, 5.41) is 13.2. The van der Waals surface area contributed by atoms with E-state index in [1.165, 1.54) is 0 Å². The average molecular weight is 340 g/mol. The number of carbonyl (C=O) groups excluding carboxylic acids is 1. The van der Waals surface area contributed by atoms with Crippen molar-refractivity contribution in [2.24, 2.45) is 0 Å². The summed E-state index contributed by atoms with van der Waals surface area (Å²) in [6.07, 6.45) is 5.65. The first-order valence-corrected chi connectivity index (χ1v) is 8.45. The van der Waals surface area contributed by atoms with E-state index in [2.05, 4.69) is 29.3 Å². The van der Waals surface area contributed by atoms with Gasteiger partial charge in [0.1, 0.15) is 6.10 Å². The van der Waals surface area contributed by atoms with Crippen LogP contribution in [0, 0.1) is 0 Å². The highest BCUT2D eigenvalue weighted by atomic mass is 16.6. The quantitative estimate of drug-likeness (QED) is 0.713. The monoisotopic (exact) mass is 340 g/mol. The highest BCUT2D eigenvalue weighted by Gasteiger charge is 2.33. The summed E-state index contributed by atoms with van der Waals surface area (Å²) in [6, 6.07) is 6.29. The van der Waals surface area contributed by atoms with Gasteiger partial charge in [-0.15, -0.1) is 5.10 Å². The van der Waals surface area contributed by atoms with Gasteiger partial charge >= 0.3 is 6.09 Å². The van der Waals surface area contributed by atoms with Crippen LogP contribution in [0.25, 0.3) is 10.9 Å². The minimum atomic E-state index is -0.334. The number of hydrogen-bond donors (Lipinski definition) is 0. The first kappa shape index (κ1) is 15.6. The molecule has 4 rings (SSSR count). The van der Waals surface area contributed by atoms with Crippen molar-refractivity contribution in [3.05, 3.63) is 36.8 Å². The summed E-state index contributed by atoms with van der Waals surface area (Å²) in [5.74, 6) is 0. The number of fused-ring (bicyclic) bond motifs is 1. The van der Waals surface area contributed by atoms with E-state index in [9.17, 15) is 4.79 Å². The highest BCUT2D eigenvalue weighted by molar-refractivity contribution is 5.93. The van der Waals surface area contributed by atoms with Crippen LogP contribution < -0.4 is 4.90 Å². The van der Waals surface area contributed by atoms with Crippen molar-refractivity contribution in [2.75, 3.05) is 11.4 Å². The summed E-state index contributed by atoms with van der Waals surface area (Å²) in [5.41, 5.74) is 1.90. The molecule has 1 fully saturated rings. The molecule has 25 heavy (non-hydrogen) atoms. The summed E-state index contributed by atoms with van der Waals surface area (Å²) in [6.45, 7) is 5.27. The predicted octanol–water partition coefficient (Wildman–Crippen LogP) is 2.62. The molecule has 3 heterocycles. The van der Waals surface area contributed by atoms with E-state index in [1.54, 1.807) is 22.0 Å². The Morgan fingerprint density at radius 3 is 3.04 bits per heavy atom. The van der Waals surface area contributed by atoms with Crippen molar-refractivity contribution >= 4 is 22.7 Å². The normalized spacial score (nSPS) is 18.7. The highest BCUT2D eigenvalue weighted by Crippen LogP contribution is 2.28. The number of hydrogen-bond acceptors (Lipinski definition) is 5. The largest absolute Gasteiger partial charge is 0.442 e. The Morgan fingerprint density at radius 1 is 1.40 bits per heavy atom. The molecule has 0 spiro atoms. The van der Waals surface area contributed by atoms with Crippen molar-refractivity contribution in [3.63, 3.8) is 0 Å². The van der Waals surface area contributed by atoms with Gasteiger partial charge in [-0.2, -0.15) is 5.10 Å². The molecule has 1 aliphatic rings. The third-order valence-electron chi connectivity index (χ3n) is 4.64. The van der Waals surface area contributed by atoms with Gasteiger partial charge in [0, 0.05) is 23.3 Å². The Morgan fingerprint density at radius 2 is 2.28 bits per heavy atom. The fourth-order valence-corrected chi connectivity index (χ4v) is 3.10. The second-order valence-electron chi connectivity index (χ2n) is 6.33. The smallest absolute Gasteiger partial charge is 0.414 e.